The van der Waals surface area contributed by atoms with E-state index in [1.165, 1.54) is 5.75 Å². The van der Waals surface area contributed by atoms with Crippen LogP contribution in [0.3, 0.4) is 0 Å². The van der Waals surface area contributed by atoms with Gasteiger partial charge in [-0.1, -0.05) is 12.1 Å². The molecule has 100 valence electrons. The molecule has 2 N–H and O–H groups in total. The molecule has 0 amide bonds. The van der Waals surface area contributed by atoms with E-state index in [1.54, 1.807) is 4.68 Å². The number of nitrogen functional groups attached to an aromatic ring is 1. The van der Waals surface area contributed by atoms with E-state index in [-0.39, 0.29) is 0 Å². The molecule has 3 rings (SSSR count). The maximum Gasteiger partial charge on any atom is 0.129 e. The van der Waals surface area contributed by atoms with Crippen LogP contribution in [0.5, 0.6) is 5.75 Å². The summed E-state index contributed by atoms with van der Waals surface area (Å²) < 4.78 is 7.78. The molecule has 1 aromatic carbocycles. The van der Waals surface area contributed by atoms with Gasteiger partial charge in [0, 0.05) is 24.4 Å². The van der Waals surface area contributed by atoms with Gasteiger partial charge in [-0.25, -0.2) is 0 Å². The zero-order valence-electron chi connectivity index (χ0n) is 10.9. The second-order valence-corrected chi connectivity index (χ2v) is 5.83. The average Bonchev–Trinajstić information content (AvgIpc) is 3.01. The number of rotatable bonds is 3. The van der Waals surface area contributed by atoms with Crippen LogP contribution in [0.25, 0.3) is 11.3 Å². The van der Waals surface area contributed by atoms with Crippen molar-refractivity contribution in [2.45, 2.75) is 12.5 Å². The quantitative estimate of drug-likeness (QED) is 0.935. The van der Waals surface area contributed by atoms with Crippen molar-refractivity contribution in [1.29, 1.82) is 0 Å². The highest BCUT2D eigenvalue weighted by molar-refractivity contribution is 7.99. The number of benzene rings is 1. The minimum absolute atomic E-state index is 0.312. The fourth-order valence-electron chi connectivity index (χ4n) is 2.18. The van der Waals surface area contributed by atoms with Gasteiger partial charge in [-0.3, -0.25) is 4.68 Å². The highest BCUT2D eigenvalue weighted by Crippen LogP contribution is 2.32. The summed E-state index contributed by atoms with van der Waals surface area (Å²) in [6, 6.07) is 9.90. The number of anilines is 1. The standard InChI is InChI=1S/C14H17N3OS/c1-17-14(15)8-12(16-17)11-4-2-3-5-13(11)18-10-6-7-19-9-10/h2-5,8,10H,6-7,9,15H2,1H3. The number of para-hydroxylation sites is 1. The second kappa shape index (κ2) is 5.17. The van der Waals surface area contributed by atoms with E-state index >= 15 is 0 Å². The van der Waals surface area contributed by atoms with Gasteiger partial charge in [0.1, 0.15) is 17.7 Å². The molecule has 0 bridgehead atoms. The minimum atomic E-state index is 0.312. The van der Waals surface area contributed by atoms with Crippen LogP contribution >= 0.6 is 11.8 Å². The lowest BCUT2D eigenvalue weighted by Gasteiger charge is -2.15. The van der Waals surface area contributed by atoms with Crippen molar-refractivity contribution in [3.63, 3.8) is 0 Å². The summed E-state index contributed by atoms with van der Waals surface area (Å²) >= 11 is 1.94. The largest absolute Gasteiger partial charge is 0.489 e. The first-order chi connectivity index (χ1) is 9.24. The molecular weight excluding hydrogens is 258 g/mol. The fourth-order valence-corrected chi connectivity index (χ4v) is 3.27. The molecule has 1 atom stereocenters. The van der Waals surface area contributed by atoms with Gasteiger partial charge >= 0.3 is 0 Å². The van der Waals surface area contributed by atoms with Crippen LogP contribution in [0.4, 0.5) is 5.82 Å². The Kier molecular flexibility index (Phi) is 3.38. The molecule has 0 aliphatic carbocycles. The Balaban J connectivity index is 1.92. The van der Waals surface area contributed by atoms with E-state index in [1.807, 2.05) is 49.1 Å². The Morgan fingerprint density at radius 3 is 2.95 bits per heavy atom. The first kappa shape index (κ1) is 12.4. The highest BCUT2D eigenvalue weighted by atomic mass is 32.2. The highest BCUT2D eigenvalue weighted by Gasteiger charge is 2.19. The van der Waals surface area contributed by atoms with Gasteiger partial charge in [-0.05, 0) is 24.3 Å². The number of nitrogens with zero attached hydrogens (tertiary/aromatic N) is 2. The number of ether oxygens (including phenoxy) is 1. The molecule has 1 saturated heterocycles. The zero-order valence-corrected chi connectivity index (χ0v) is 11.7. The number of aryl methyl sites for hydroxylation is 1. The maximum atomic E-state index is 6.10. The molecule has 0 spiro atoms. The summed E-state index contributed by atoms with van der Waals surface area (Å²) in [7, 11) is 1.84. The van der Waals surface area contributed by atoms with Crippen molar-refractivity contribution in [1.82, 2.24) is 9.78 Å². The predicted octanol–water partition coefficient (Wildman–Crippen LogP) is 2.55. The first-order valence-electron chi connectivity index (χ1n) is 6.37. The summed E-state index contributed by atoms with van der Waals surface area (Å²) in [6.07, 6.45) is 1.43. The lowest BCUT2D eigenvalue weighted by atomic mass is 10.1. The fraction of sp³-hybridized carbons (Fsp3) is 0.357. The van der Waals surface area contributed by atoms with Gasteiger partial charge in [0.15, 0.2) is 0 Å². The van der Waals surface area contributed by atoms with Gasteiger partial charge in [-0.15, -0.1) is 0 Å². The van der Waals surface area contributed by atoms with E-state index in [0.717, 1.165) is 29.2 Å². The van der Waals surface area contributed by atoms with Gasteiger partial charge in [0.2, 0.25) is 0 Å². The Hall–Kier alpha value is -1.62. The molecule has 2 heterocycles. The summed E-state index contributed by atoms with van der Waals surface area (Å²) in [5.41, 5.74) is 7.72. The molecule has 1 aliphatic rings. The Morgan fingerprint density at radius 1 is 1.42 bits per heavy atom. The molecular formula is C14H17N3OS. The van der Waals surface area contributed by atoms with Crippen LogP contribution in [0, 0.1) is 0 Å². The summed E-state index contributed by atoms with van der Waals surface area (Å²) in [5, 5.41) is 4.42. The molecule has 1 aromatic heterocycles. The molecule has 0 saturated carbocycles. The third-order valence-electron chi connectivity index (χ3n) is 3.26. The third kappa shape index (κ3) is 2.56. The van der Waals surface area contributed by atoms with Gasteiger partial charge in [0.05, 0.1) is 5.69 Å². The summed E-state index contributed by atoms with van der Waals surface area (Å²) in [5.74, 6) is 3.80. The SMILES string of the molecule is Cn1nc(-c2ccccc2OC2CCSC2)cc1N. The van der Waals surface area contributed by atoms with E-state index in [9.17, 15) is 0 Å². The normalized spacial score (nSPS) is 18.7. The van der Waals surface area contributed by atoms with Crippen LogP contribution in [0.15, 0.2) is 30.3 Å². The first-order valence-corrected chi connectivity index (χ1v) is 7.53. The number of hydrogen-bond acceptors (Lipinski definition) is 4. The number of aromatic nitrogens is 2. The molecule has 1 unspecified atom stereocenters. The van der Waals surface area contributed by atoms with Crippen molar-refractivity contribution < 1.29 is 4.74 Å². The smallest absolute Gasteiger partial charge is 0.129 e. The lowest BCUT2D eigenvalue weighted by Crippen LogP contribution is -2.15. The second-order valence-electron chi connectivity index (χ2n) is 4.68. The van der Waals surface area contributed by atoms with E-state index in [2.05, 4.69) is 5.10 Å². The predicted molar refractivity (Wildman–Crippen MR) is 79.4 cm³/mol. The van der Waals surface area contributed by atoms with Crippen molar-refractivity contribution in [3.05, 3.63) is 30.3 Å². The molecule has 19 heavy (non-hydrogen) atoms. The van der Waals surface area contributed by atoms with Crippen LogP contribution < -0.4 is 10.5 Å². The molecule has 1 fully saturated rings. The third-order valence-corrected chi connectivity index (χ3v) is 4.39. The Bertz CT molecular complexity index is 556. The molecule has 0 radical (unpaired) electrons. The van der Waals surface area contributed by atoms with Crippen molar-refractivity contribution >= 4 is 17.6 Å². The molecule has 2 aromatic rings. The zero-order chi connectivity index (χ0) is 13.2. The van der Waals surface area contributed by atoms with Gasteiger partial charge in [0.25, 0.3) is 0 Å². The van der Waals surface area contributed by atoms with Crippen molar-refractivity contribution in [3.8, 4) is 17.0 Å². The lowest BCUT2D eigenvalue weighted by molar-refractivity contribution is 0.230. The van der Waals surface area contributed by atoms with Gasteiger partial charge < -0.3 is 10.5 Å². The minimum Gasteiger partial charge on any atom is -0.489 e. The number of hydrogen-bond donors (Lipinski definition) is 1. The number of thioether (sulfide) groups is 1. The molecule has 4 nitrogen and oxygen atoms in total. The van der Waals surface area contributed by atoms with E-state index < -0.39 is 0 Å². The summed E-state index contributed by atoms with van der Waals surface area (Å²) in [6.45, 7) is 0. The number of nitrogens with two attached hydrogens (primary N) is 1. The maximum absolute atomic E-state index is 6.10. The topological polar surface area (TPSA) is 53.1 Å². The van der Waals surface area contributed by atoms with Crippen LogP contribution in [-0.4, -0.2) is 27.4 Å². The summed E-state index contributed by atoms with van der Waals surface area (Å²) in [4.78, 5) is 0. The Labute approximate surface area is 116 Å². The van der Waals surface area contributed by atoms with Crippen LogP contribution in [-0.2, 0) is 7.05 Å². The van der Waals surface area contributed by atoms with E-state index in [4.69, 9.17) is 10.5 Å². The van der Waals surface area contributed by atoms with Gasteiger partial charge in [-0.2, -0.15) is 16.9 Å². The van der Waals surface area contributed by atoms with Crippen LogP contribution in [0.2, 0.25) is 0 Å². The van der Waals surface area contributed by atoms with Crippen molar-refractivity contribution in [2.24, 2.45) is 7.05 Å². The van der Waals surface area contributed by atoms with E-state index in [0.29, 0.717) is 11.9 Å². The molecule has 1 aliphatic heterocycles. The average molecular weight is 275 g/mol. The Morgan fingerprint density at radius 2 is 2.26 bits per heavy atom. The van der Waals surface area contributed by atoms with Crippen LogP contribution in [0.1, 0.15) is 6.42 Å². The monoisotopic (exact) mass is 275 g/mol. The molecule has 5 heteroatoms. The van der Waals surface area contributed by atoms with Crippen molar-refractivity contribution in [2.75, 3.05) is 17.2 Å².